The molecular weight excluding hydrogens is 258 g/mol. The molecule has 0 spiro atoms. The summed E-state index contributed by atoms with van der Waals surface area (Å²) in [5.41, 5.74) is 6.57. The number of nitrogens with zero attached hydrogens (tertiary/aromatic N) is 1. The number of nitrogens with two attached hydrogens (primary N) is 1. The molecular formula is C14H21N3O3. The van der Waals surface area contributed by atoms with Gasteiger partial charge in [-0.3, -0.25) is 9.59 Å². The van der Waals surface area contributed by atoms with Crippen LogP contribution in [0.1, 0.15) is 23.7 Å². The molecule has 0 aliphatic rings. The third kappa shape index (κ3) is 4.89. The molecule has 20 heavy (non-hydrogen) atoms. The molecule has 110 valence electrons. The number of hydrogen-bond donors (Lipinski definition) is 3. The minimum absolute atomic E-state index is 0.0801. The molecule has 0 bridgehead atoms. The normalized spacial score (nSPS) is 10.1. The van der Waals surface area contributed by atoms with Crippen LogP contribution in [0.3, 0.4) is 0 Å². The summed E-state index contributed by atoms with van der Waals surface area (Å²) in [6.07, 6.45) is 0.803. The van der Waals surface area contributed by atoms with Crippen molar-refractivity contribution in [3.63, 3.8) is 0 Å². The molecule has 4 N–H and O–H groups in total. The van der Waals surface area contributed by atoms with E-state index in [1.54, 1.807) is 24.3 Å². The van der Waals surface area contributed by atoms with Gasteiger partial charge in [0.2, 0.25) is 5.91 Å². The van der Waals surface area contributed by atoms with Gasteiger partial charge < -0.3 is 21.1 Å². The van der Waals surface area contributed by atoms with Crippen molar-refractivity contribution in [2.75, 3.05) is 32.0 Å². The predicted octanol–water partition coefficient (Wildman–Crippen LogP) is 0.230. The van der Waals surface area contributed by atoms with Crippen molar-refractivity contribution in [2.24, 2.45) is 0 Å². The highest BCUT2D eigenvalue weighted by Gasteiger charge is 2.13. The van der Waals surface area contributed by atoms with Crippen molar-refractivity contribution in [1.29, 1.82) is 0 Å². The number of carbonyl (C=O) groups is 2. The molecule has 0 saturated carbocycles. The minimum atomic E-state index is -0.321. The van der Waals surface area contributed by atoms with E-state index in [-0.39, 0.29) is 31.5 Å². The largest absolute Gasteiger partial charge is 0.399 e. The number of carbonyl (C=O) groups excluding carboxylic acids is 2. The number of rotatable bonds is 7. The van der Waals surface area contributed by atoms with Crippen LogP contribution < -0.4 is 11.1 Å². The van der Waals surface area contributed by atoms with Gasteiger partial charge in [-0.1, -0.05) is 6.92 Å². The molecule has 1 rings (SSSR count). The van der Waals surface area contributed by atoms with E-state index in [9.17, 15) is 9.59 Å². The van der Waals surface area contributed by atoms with Crippen LogP contribution in [0.4, 0.5) is 5.69 Å². The maximum absolute atomic E-state index is 11.9. The first kappa shape index (κ1) is 16.0. The van der Waals surface area contributed by atoms with Gasteiger partial charge in [0.25, 0.3) is 5.91 Å². The molecule has 0 radical (unpaired) electrons. The summed E-state index contributed by atoms with van der Waals surface area (Å²) in [6.45, 7) is 2.63. The summed E-state index contributed by atoms with van der Waals surface area (Å²) in [5, 5.41) is 11.5. The Labute approximate surface area is 118 Å². The van der Waals surface area contributed by atoms with Crippen LogP contribution in [0.2, 0.25) is 0 Å². The monoisotopic (exact) mass is 279 g/mol. The van der Waals surface area contributed by atoms with Gasteiger partial charge in [-0.05, 0) is 30.7 Å². The van der Waals surface area contributed by atoms with Crippen molar-refractivity contribution in [1.82, 2.24) is 10.2 Å². The number of aliphatic hydroxyl groups excluding tert-OH is 1. The fourth-order valence-corrected chi connectivity index (χ4v) is 1.76. The van der Waals surface area contributed by atoms with Crippen molar-refractivity contribution in [3.8, 4) is 0 Å². The van der Waals surface area contributed by atoms with Crippen LogP contribution in [0, 0.1) is 0 Å². The second-order valence-electron chi connectivity index (χ2n) is 4.41. The first-order chi connectivity index (χ1) is 9.58. The highest BCUT2D eigenvalue weighted by Crippen LogP contribution is 2.05. The molecule has 0 heterocycles. The van der Waals surface area contributed by atoms with E-state index in [1.807, 2.05) is 6.92 Å². The number of aliphatic hydroxyl groups is 1. The van der Waals surface area contributed by atoms with E-state index in [2.05, 4.69) is 5.32 Å². The third-order valence-corrected chi connectivity index (χ3v) is 2.79. The standard InChI is InChI=1S/C14H21N3O3/c1-2-7-17(8-9-18)13(19)10-16-14(20)11-3-5-12(15)6-4-11/h3-6,18H,2,7-10,15H2,1H3,(H,16,20). The van der Waals surface area contributed by atoms with Gasteiger partial charge in [-0.15, -0.1) is 0 Å². The Kier molecular flexibility index (Phi) is 6.52. The number of nitrogens with one attached hydrogen (secondary N) is 1. The van der Waals surface area contributed by atoms with E-state index in [4.69, 9.17) is 10.8 Å². The zero-order valence-corrected chi connectivity index (χ0v) is 11.6. The minimum Gasteiger partial charge on any atom is -0.399 e. The Morgan fingerprint density at radius 3 is 2.45 bits per heavy atom. The average Bonchev–Trinajstić information content (AvgIpc) is 2.45. The lowest BCUT2D eigenvalue weighted by Crippen LogP contribution is -2.41. The summed E-state index contributed by atoms with van der Waals surface area (Å²) in [5.74, 6) is -0.525. The van der Waals surface area contributed by atoms with Crippen molar-refractivity contribution in [2.45, 2.75) is 13.3 Å². The lowest BCUT2D eigenvalue weighted by molar-refractivity contribution is -0.130. The van der Waals surface area contributed by atoms with E-state index in [1.165, 1.54) is 4.90 Å². The van der Waals surface area contributed by atoms with Gasteiger partial charge in [0.1, 0.15) is 0 Å². The van der Waals surface area contributed by atoms with Gasteiger partial charge in [0.05, 0.1) is 13.2 Å². The van der Waals surface area contributed by atoms with Crippen LogP contribution in [0.5, 0.6) is 0 Å². The molecule has 0 aromatic heterocycles. The highest BCUT2D eigenvalue weighted by atomic mass is 16.3. The topological polar surface area (TPSA) is 95.7 Å². The summed E-state index contributed by atoms with van der Waals surface area (Å²) < 4.78 is 0. The van der Waals surface area contributed by atoms with Gasteiger partial charge in [0.15, 0.2) is 0 Å². The predicted molar refractivity (Wildman–Crippen MR) is 77.1 cm³/mol. The number of hydrogen-bond acceptors (Lipinski definition) is 4. The zero-order valence-electron chi connectivity index (χ0n) is 11.6. The molecule has 1 aromatic carbocycles. The van der Waals surface area contributed by atoms with E-state index < -0.39 is 0 Å². The molecule has 1 aromatic rings. The molecule has 2 amide bonds. The molecule has 0 atom stereocenters. The first-order valence-corrected chi connectivity index (χ1v) is 6.60. The first-order valence-electron chi connectivity index (χ1n) is 6.60. The fraction of sp³-hybridized carbons (Fsp3) is 0.429. The summed E-state index contributed by atoms with van der Waals surface area (Å²) in [4.78, 5) is 25.3. The van der Waals surface area contributed by atoms with Gasteiger partial charge in [0, 0.05) is 24.3 Å². The SMILES string of the molecule is CCCN(CCO)C(=O)CNC(=O)c1ccc(N)cc1. The summed E-state index contributed by atoms with van der Waals surface area (Å²) in [7, 11) is 0. The van der Waals surface area contributed by atoms with Crippen LogP contribution in [-0.4, -0.2) is 48.1 Å². The van der Waals surface area contributed by atoms with Crippen molar-refractivity contribution < 1.29 is 14.7 Å². The maximum atomic E-state index is 11.9. The maximum Gasteiger partial charge on any atom is 0.251 e. The Balaban J connectivity index is 2.50. The fourth-order valence-electron chi connectivity index (χ4n) is 1.76. The molecule has 0 aliphatic heterocycles. The lowest BCUT2D eigenvalue weighted by Gasteiger charge is -2.21. The lowest BCUT2D eigenvalue weighted by atomic mass is 10.2. The van der Waals surface area contributed by atoms with Crippen LogP contribution >= 0.6 is 0 Å². The quantitative estimate of drug-likeness (QED) is 0.623. The molecule has 0 unspecified atom stereocenters. The number of amides is 2. The third-order valence-electron chi connectivity index (χ3n) is 2.79. The Hall–Kier alpha value is -2.08. The van der Waals surface area contributed by atoms with Crippen LogP contribution in [-0.2, 0) is 4.79 Å². The van der Waals surface area contributed by atoms with Crippen LogP contribution in [0.15, 0.2) is 24.3 Å². The highest BCUT2D eigenvalue weighted by molar-refractivity contribution is 5.96. The van der Waals surface area contributed by atoms with Gasteiger partial charge in [-0.25, -0.2) is 0 Å². The average molecular weight is 279 g/mol. The van der Waals surface area contributed by atoms with E-state index in [0.717, 1.165) is 6.42 Å². The Morgan fingerprint density at radius 1 is 1.25 bits per heavy atom. The van der Waals surface area contributed by atoms with Crippen molar-refractivity contribution in [3.05, 3.63) is 29.8 Å². The van der Waals surface area contributed by atoms with Crippen molar-refractivity contribution >= 4 is 17.5 Å². The molecule has 0 aliphatic carbocycles. The Bertz CT molecular complexity index is 439. The molecule has 6 nitrogen and oxygen atoms in total. The summed E-state index contributed by atoms with van der Waals surface area (Å²) in [6, 6.07) is 6.47. The zero-order chi connectivity index (χ0) is 15.0. The van der Waals surface area contributed by atoms with Crippen LogP contribution in [0.25, 0.3) is 0 Å². The molecule has 0 saturated heterocycles. The van der Waals surface area contributed by atoms with E-state index >= 15 is 0 Å². The molecule has 6 heteroatoms. The number of benzene rings is 1. The second-order valence-corrected chi connectivity index (χ2v) is 4.41. The summed E-state index contributed by atoms with van der Waals surface area (Å²) >= 11 is 0. The molecule has 0 fully saturated rings. The van der Waals surface area contributed by atoms with Gasteiger partial charge >= 0.3 is 0 Å². The second kappa shape index (κ2) is 8.16. The smallest absolute Gasteiger partial charge is 0.251 e. The Morgan fingerprint density at radius 2 is 1.90 bits per heavy atom. The van der Waals surface area contributed by atoms with E-state index in [0.29, 0.717) is 17.8 Å². The number of nitrogen functional groups attached to an aromatic ring is 1. The number of anilines is 1. The van der Waals surface area contributed by atoms with Gasteiger partial charge in [-0.2, -0.15) is 0 Å².